The third-order valence-corrected chi connectivity index (χ3v) is 8.25. The van der Waals surface area contributed by atoms with Crippen molar-refractivity contribution in [1.82, 2.24) is 0 Å². The Morgan fingerprint density at radius 3 is 1.93 bits per heavy atom. The van der Waals surface area contributed by atoms with Crippen LogP contribution in [0, 0.1) is 5.92 Å². The largest absolute Gasteiger partial charge is 0.497 e. The summed E-state index contributed by atoms with van der Waals surface area (Å²) in [7, 11) is 15.5. The van der Waals surface area contributed by atoms with E-state index >= 15 is 0 Å². The van der Waals surface area contributed by atoms with Crippen LogP contribution in [0.15, 0.2) is 78.9 Å². The van der Waals surface area contributed by atoms with Crippen LogP contribution in [0.3, 0.4) is 0 Å². The number of aliphatic hydroxyl groups excluding tert-OH is 1. The molecule has 7 nitrogen and oxygen atoms in total. The van der Waals surface area contributed by atoms with Gasteiger partial charge in [0.1, 0.15) is 37.8 Å². The molecule has 1 heterocycles. The predicted molar refractivity (Wildman–Crippen MR) is 161 cm³/mol. The summed E-state index contributed by atoms with van der Waals surface area (Å²) in [6.45, 7) is 0.683. The Morgan fingerprint density at radius 2 is 1.38 bits per heavy atom. The third-order valence-electron chi connectivity index (χ3n) is 8.25. The van der Waals surface area contributed by atoms with Gasteiger partial charge in [0.15, 0.2) is 0 Å². The summed E-state index contributed by atoms with van der Waals surface area (Å²) in [5.41, 5.74) is 2.02. The van der Waals surface area contributed by atoms with Crippen molar-refractivity contribution in [1.29, 1.82) is 0 Å². The molecule has 1 N–H and O–H groups in total. The van der Waals surface area contributed by atoms with Crippen molar-refractivity contribution >= 4 is 15.7 Å². The summed E-state index contributed by atoms with van der Waals surface area (Å²) >= 11 is 0. The second-order valence-corrected chi connectivity index (χ2v) is 11.0. The Kier molecular flexibility index (Phi) is 10.3. The molecule has 3 aromatic rings. The van der Waals surface area contributed by atoms with Gasteiger partial charge in [0.25, 0.3) is 0 Å². The first-order chi connectivity index (χ1) is 20.4. The standard InChI is InChI=1S/C33H38B2O7/c1-37-27-12-8-24(9-13-27)33(23-6-4-3-5-7-23,25-10-14-28(38-2)15-11-25)41-19-22-16-26(34)17-30(22)40-21-39-20-31-29(36)18-32(35)42-31/h3-15,22,26,29-32,36H,16-21H2,1-2H3. The lowest BCUT2D eigenvalue weighted by Crippen LogP contribution is -2.36. The van der Waals surface area contributed by atoms with Crippen LogP contribution in [0.1, 0.15) is 36.0 Å². The summed E-state index contributed by atoms with van der Waals surface area (Å²) in [6, 6.07) is 25.7. The predicted octanol–water partition coefficient (Wildman–Crippen LogP) is 4.38. The molecule has 218 valence electrons. The topological polar surface area (TPSA) is 75.6 Å². The Morgan fingerprint density at radius 1 is 0.786 bits per heavy atom. The van der Waals surface area contributed by atoms with Crippen molar-refractivity contribution in [2.45, 2.75) is 55.0 Å². The lowest BCUT2D eigenvalue weighted by atomic mass is 9.79. The van der Waals surface area contributed by atoms with Gasteiger partial charge in [0.05, 0.1) is 47.5 Å². The monoisotopic (exact) mass is 568 g/mol. The van der Waals surface area contributed by atoms with Crippen molar-refractivity contribution < 1.29 is 33.5 Å². The highest BCUT2D eigenvalue weighted by Crippen LogP contribution is 2.44. The van der Waals surface area contributed by atoms with E-state index in [4.69, 9.17) is 44.1 Å². The summed E-state index contributed by atoms with van der Waals surface area (Å²) in [5.74, 6) is 1.57. The molecule has 3 aromatic carbocycles. The number of ether oxygens (including phenoxy) is 6. The van der Waals surface area contributed by atoms with Crippen LogP contribution < -0.4 is 9.47 Å². The minimum atomic E-state index is -0.914. The summed E-state index contributed by atoms with van der Waals surface area (Å²) in [6.07, 6.45) is 0.639. The van der Waals surface area contributed by atoms with Gasteiger partial charge in [-0.15, -0.1) is 0 Å². The second-order valence-electron chi connectivity index (χ2n) is 11.0. The molecule has 0 bridgehead atoms. The van der Waals surface area contributed by atoms with Crippen molar-refractivity contribution in [3.63, 3.8) is 0 Å². The molecule has 2 fully saturated rings. The summed E-state index contributed by atoms with van der Waals surface area (Å²) < 4.78 is 35.4. The summed E-state index contributed by atoms with van der Waals surface area (Å²) in [5, 5.41) is 10.1. The minimum Gasteiger partial charge on any atom is -0.497 e. The molecule has 1 aliphatic heterocycles. The molecule has 0 aromatic heterocycles. The molecular weight excluding hydrogens is 530 g/mol. The molecule has 2 aliphatic rings. The normalized spacial score (nSPS) is 25.9. The van der Waals surface area contributed by atoms with Gasteiger partial charge >= 0.3 is 0 Å². The summed E-state index contributed by atoms with van der Waals surface area (Å²) in [4.78, 5) is 0. The van der Waals surface area contributed by atoms with E-state index in [1.54, 1.807) is 14.2 Å². The highest BCUT2D eigenvalue weighted by atomic mass is 16.7. The Hall–Kier alpha value is -2.81. The Labute approximate surface area is 251 Å². The lowest BCUT2D eigenvalue weighted by Gasteiger charge is -2.37. The maximum atomic E-state index is 10.1. The number of hydrogen-bond donors (Lipinski definition) is 1. The zero-order valence-electron chi connectivity index (χ0n) is 24.3. The molecule has 42 heavy (non-hydrogen) atoms. The fourth-order valence-electron chi connectivity index (χ4n) is 6.02. The molecule has 6 unspecified atom stereocenters. The molecule has 1 aliphatic carbocycles. The third kappa shape index (κ3) is 6.87. The highest BCUT2D eigenvalue weighted by molar-refractivity contribution is 6.11. The number of rotatable bonds is 13. The van der Waals surface area contributed by atoms with E-state index in [0.29, 0.717) is 19.4 Å². The van der Waals surface area contributed by atoms with E-state index in [-0.39, 0.29) is 31.2 Å². The van der Waals surface area contributed by atoms with Crippen LogP contribution in [0.25, 0.3) is 0 Å². The fraction of sp³-hybridized carbons (Fsp3) is 0.455. The molecule has 6 atom stereocenters. The van der Waals surface area contributed by atoms with Crippen molar-refractivity contribution in [3.8, 4) is 11.5 Å². The first-order valence-electron chi connectivity index (χ1n) is 14.5. The van der Waals surface area contributed by atoms with E-state index in [9.17, 15) is 5.11 Å². The van der Waals surface area contributed by atoms with Crippen LogP contribution >= 0.6 is 0 Å². The SMILES string of the molecule is [B]C1CC(COC(c2ccccc2)(c2ccc(OC)cc2)c2ccc(OC)cc2)C(OCOCC2OC([B])CC2O)C1. The molecule has 1 saturated heterocycles. The first-order valence-corrected chi connectivity index (χ1v) is 14.5. The van der Waals surface area contributed by atoms with E-state index in [0.717, 1.165) is 34.6 Å². The van der Waals surface area contributed by atoms with Crippen molar-refractivity contribution in [2.24, 2.45) is 5.92 Å². The molecule has 4 radical (unpaired) electrons. The van der Waals surface area contributed by atoms with Gasteiger partial charge in [-0.1, -0.05) is 66.8 Å². The van der Waals surface area contributed by atoms with Crippen LogP contribution in [-0.4, -0.2) is 79.3 Å². The first kappa shape index (κ1) is 30.6. The Bertz CT molecular complexity index is 1190. The maximum Gasteiger partial charge on any atom is 0.147 e. The van der Waals surface area contributed by atoms with E-state index in [1.165, 1.54) is 0 Å². The molecular formula is C33H38B2O7. The number of hydrogen-bond acceptors (Lipinski definition) is 7. The highest BCUT2D eigenvalue weighted by Gasteiger charge is 2.41. The van der Waals surface area contributed by atoms with E-state index in [2.05, 4.69) is 12.1 Å². The van der Waals surface area contributed by atoms with E-state index < -0.39 is 23.8 Å². The zero-order valence-corrected chi connectivity index (χ0v) is 24.3. The number of benzene rings is 3. The molecule has 1 saturated carbocycles. The number of methoxy groups -OCH3 is 2. The van der Waals surface area contributed by atoms with Crippen LogP contribution in [0.2, 0.25) is 5.82 Å². The van der Waals surface area contributed by atoms with Gasteiger partial charge in [0, 0.05) is 11.9 Å². The fourth-order valence-corrected chi connectivity index (χ4v) is 6.02. The molecule has 0 amide bonds. The maximum absolute atomic E-state index is 10.1. The average molecular weight is 568 g/mol. The van der Waals surface area contributed by atoms with Gasteiger partial charge in [-0.2, -0.15) is 0 Å². The van der Waals surface area contributed by atoms with Gasteiger partial charge in [-0.3, -0.25) is 0 Å². The number of aliphatic hydroxyl groups is 1. The van der Waals surface area contributed by atoms with Crippen LogP contribution in [0.4, 0.5) is 0 Å². The minimum absolute atomic E-state index is 0.00492. The van der Waals surface area contributed by atoms with Gasteiger partial charge in [-0.05, 0) is 53.8 Å². The lowest BCUT2D eigenvalue weighted by molar-refractivity contribution is -0.135. The quantitative estimate of drug-likeness (QED) is 0.142. The van der Waals surface area contributed by atoms with E-state index in [1.807, 2.05) is 66.7 Å². The van der Waals surface area contributed by atoms with Gasteiger partial charge < -0.3 is 33.5 Å². The molecule has 9 heteroatoms. The van der Waals surface area contributed by atoms with Crippen molar-refractivity contribution in [3.05, 3.63) is 95.6 Å². The van der Waals surface area contributed by atoms with Gasteiger partial charge in [-0.25, -0.2) is 0 Å². The second kappa shape index (κ2) is 14.1. The smallest absolute Gasteiger partial charge is 0.147 e. The van der Waals surface area contributed by atoms with Gasteiger partial charge in [0.2, 0.25) is 0 Å². The zero-order chi connectivity index (χ0) is 29.5. The van der Waals surface area contributed by atoms with Crippen LogP contribution in [-0.2, 0) is 24.5 Å². The van der Waals surface area contributed by atoms with Crippen LogP contribution in [0.5, 0.6) is 11.5 Å². The molecule has 0 spiro atoms. The Balaban J connectivity index is 1.38. The average Bonchev–Trinajstić information content (AvgIpc) is 3.55. The van der Waals surface area contributed by atoms with Crippen molar-refractivity contribution in [2.75, 3.05) is 34.2 Å². The molecule has 5 rings (SSSR count).